The molecule has 1 amide bonds. The molecule has 0 saturated heterocycles. The fourth-order valence-electron chi connectivity index (χ4n) is 4.30. The topological polar surface area (TPSA) is 44.4 Å². The van der Waals surface area contributed by atoms with Crippen LogP contribution in [0.3, 0.4) is 0 Å². The van der Waals surface area contributed by atoms with E-state index >= 15 is 0 Å². The molecule has 1 saturated carbocycles. The van der Waals surface area contributed by atoms with Crippen LogP contribution in [0.5, 0.6) is 0 Å². The minimum Gasteiger partial charge on any atom is -0.352 e. The summed E-state index contributed by atoms with van der Waals surface area (Å²) in [4.78, 5) is 12.3. The number of nitrogens with one attached hydrogen (secondary N) is 2. The molecule has 1 aromatic carbocycles. The van der Waals surface area contributed by atoms with Crippen molar-refractivity contribution in [2.45, 2.75) is 58.9 Å². The van der Waals surface area contributed by atoms with E-state index in [-0.39, 0.29) is 5.91 Å². The number of halogens is 1. The predicted octanol–water partition coefficient (Wildman–Crippen LogP) is 4.94. The molecule has 4 nitrogen and oxygen atoms in total. The van der Waals surface area contributed by atoms with Crippen molar-refractivity contribution in [1.82, 2.24) is 10.6 Å². The Morgan fingerprint density at radius 1 is 1.25 bits per heavy atom. The van der Waals surface area contributed by atoms with Gasteiger partial charge in [-0.2, -0.15) is 0 Å². The first-order valence-electron chi connectivity index (χ1n) is 10.6. The quantitative estimate of drug-likeness (QED) is 0.367. The van der Waals surface area contributed by atoms with Gasteiger partial charge in [-0.05, 0) is 80.7 Å². The van der Waals surface area contributed by atoms with Gasteiger partial charge in [-0.3, -0.25) is 4.79 Å². The minimum absolute atomic E-state index is 0.114. The summed E-state index contributed by atoms with van der Waals surface area (Å²) in [6.07, 6.45) is 5.72. The lowest BCUT2D eigenvalue weighted by Gasteiger charge is -2.34. The number of amides is 1. The third kappa shape index (κ3) is 8.62. The lowest BCUT2D eigenvalue weighted by Crippen LogP contribution is -2.44. The van der Waals surface area contributed by atoms with Gasteiger partial charge in [0.2, 0.25) is 5.91 Å². The highest BCUT2D eigenvalue weighted by Crippen LogP contribution is 2.33. The molecule has 6 heteroatoms. The smallest absolute Gasteiger partial charge is 0.234 e. The average molecular weight is 426 g/mol. The van der Waals surface area contributed by atoms with Crippen molar-refractivity contribution in [3.05, 3.63) is 29.3 Å². The van der Waals surface area contributed by atoms with E-state index in [4.69, 9.17) is 11.6 Å². The number of rotatable bonds is 10. The molecule has 0 bridgehead atoms. The maximum absolute atomic E-state index is 12.3. The van der Waals surface area contributed by atoms with E-state index in [2.05, 4.69) is 44.2 Å². The van der Waals surface area contributed by atoms with Crippen molar-refractivity contribution in [3.63, 3.8) is 0 Å². The zero-order valence-corrected chi connectivity index (χ0v) is 19.1. The van der Waals surface area contributed by atoms with Crippen LogP contribution in [-0.2, 0) is 4.79 Å². The van der Waals surface area contributed by atoms with Crippen LogP contribution in [0.1, 0.15) is 52.9 Å². The largest absolute Gasteiger partial charge is 0.352 e. The van der Waals surface area contributed by atoms with Crippen LogP contribution in [0.2, 0.25) is 5.02 Å². The standard InChI is InChI=1S/C22H36ClN3OS/c1-16(2)11-18-12-17(3)13-20(14-18)25-22(27)15-24-9-4-10-26(28)21-7-5-19(23)6-8-21/h5-8,16-18,20,24,28H,4,9-15H2,1-3H3,(H,25,27). The summed E-state index contributed by atoms with van der Waals surface area (Å²) in [6.45, 7) is 8.86. The highest BCUT2D eigenvalue weighted by Gasteiger charge is 2.27. The normalized spacial score (nSPS) is 22.3. The maximum atomic E-state index is 12.3. The van der Waals surface area contributed by atoms with Crippen LogP contribution in [0.15, 0.2) is 24.3 Å². The fraction of sp³-hybridized carbons (Fsp3) is 0.682. The number of benzene rings is 1. The monoisotopic (exact) mass is 425 g/mol. The van der Waals surface area contributed by atoms with E-state index in [1.165, 1.54) is 12.8 Å². The van der Waals surface area contributed by atoms with Crippen LogP contribution in [-0.4, -0.2) is 31.6 Å². The predicted molar refractivity (Wildman–Crippen MR) is 123 cm³/mol. The van der Waals surface area contributed by atoms with Gasteiger partial charge in [-0.25, -0.2) is 0 Å². The first kappa shape index (κ1) is 23.4. The molecule has 1 aromatic rings. The van der Waals surface area contributed by atoms with Gasteiger partial charge in [-0.1, -0.05) is 45.2 Å². The van der Waals surface area contributed by atoms with Gasteiger partial charge < -0.3 is 14.9 Å². The van der Waals surface area contributed by atoms with Gasteiger partial charge in [-0.15, -0.1) is 0 Å². The van der Waals surface area contributed by atoms with E-state index < -0.39 is 0 Å². The summed E-state index contributed by atoms with van der Waals surface area (Å²) in [5, 5.41) is 7.22. The zero-order valence-electron chi connectivity index (χ0n) is 17.5. The van der Waals surface area contributed by atoms with E-state index in [1.54, 1.807) is 0 Å². The second-order valence-corrected chi connectivity index (χ2v) is 9.62. The molecule has 158 valence electrons. The SMILES string of the molecule is CC(C)CC1CC(C)CC(NC(=O)CNCCCN(S)c2ccc(Cl)cc2)C1. The molecule has 2 N–H and O–H groups in total. The van der Waals surface area contributed by atoms with Crippen molar-refractivity contribution in [1.29, 1.82) is 0 Å². The highest BCUT2D eigenvalue weighted by atomic mass is 35.5. The molecule has 2 rings (SSSR count). The average Bonchev–Trinajstić information content (AvgIpc) is 2.60. The van der Waals surface area contributed by atoms with Gasteiger partial charge in [0.15, 0.2) is 0 Å². The second-order valence-electron chi connectivity index (χ2n) is 8.70. The highest BCUT2D eigenvalue weighted by molar-refractivity contribution is 7.81. The number of hydrogen-bond acceptors (Lipinski definition) is 4. The molecule has 0 radical (unpaired) electrons. The van der Waals surface area contributed by atoms with Gasteiger partial charge in [0.1, 0.15) is 0 Å². The van der Waals surface area contributed by atoms with E-state index in [9.17, 15) is 4.79 Å². The van der Waals surface area contributed by atoms with Crippen molar-refractivity contribution in [2.75, 3.05) is 23.9 Å². The molecule has 0 aromatic heterocycles. The number of carbonyl (C=O) groups is 1. The Bertz CT molecular complexity index is 594. The molecule has 1 aliphatic carbocycles. The molecule has 28 heavy (non-hydrogen) atoms. The molecule has 3 unspecified atom stereocenters. The molecule has 3 atom stereocenters. The Morgan fingerprint density at radius 2 is 1.96 bits per heavy atom. The van der Waals surface area contributed by atoms with E-state index in [1.807, 2.05) is 28.6 Å². The Labute approximate surface area is 181 Å². The van der Waals surface area contributed by atoms with E-state index in [0.717, 1.165) is 54.9 Å². The number of anilines is 1. The number of carbonyl (C=O) groups excluding carboxylic acids is 1. The van der Waals surface area contributed by atoms with Crippen molar-refractivity contribution >= 4 is 36.0 Å². The maximum Gasteiger partial charge on any atom is 0.234 e. The first-order valence-corrected chi connectivity index (χ1v) is 11.3. The van der Waals surface area contributed by atoms with Gasteiger partial charge >= 0.3 is 0 Å². The molecular weight excluding hydrogens is 390 g/mol. The third-order valence-corrected chi connectivity index (χ3v) is 6.03. The van der Waals surface area contributed by atoms with Crippen LogP contribution in [0.25, 0.3) is 0 Å². The summed E-state index contributed by atoms with van der Waals surface area (Å²) >= 11 is 10.4. The van der Waals surface area contributed by atoms with Crippen LogP contribution < -0.4 is 14.9 Å². The van der Waals surface area contributed by atoms with Crippen molar-refractivity contribution < 1.29 is 4.79 Å². The van der Waals surface area contributed by atoms with E-state index in [0.29, 0.717) is 18.5 Å². The number of hydrogen-bond donors (Lipinski definition) is 3. The van der Waals surface area contributed by atoms with Gasteiger partial charge in [0.05, 0.1) is 6.54 Å². The number of thiol groups is 1. The van der Waals surface area contributed by atoms with Crippen LogP contribution in [0.4, 0.5) is 5.69 Å². The molecular formula is C22H36ClN3OS. The summed E-state index contributed by atoms with van der Waals surface area (Å²) in [7, 11) is 0. The van der Waals surface area contributed by atoms with Crippen LogP contribution in [0, 0.1) is 17.8 Å². The first-order chi connectivity index (χ1) is 13.3. The summed E-state index contributed by atoms with van der Waals surface area (Å²) < 4.78 is 1.90. The lowest BCUT2D eigenvalue weighted by molar-refractivity contribution is -0.121. The lowest BCUT2D eigenvalue weighted by atomic mass is 9.76. The molecule has 1 fully saturated rings. The fourth-order valence-corrected chi connectivity index (χ4v) is 4.70. The second kappa shape index (κ2) is 11.9. The summed E-state index contributed by atoms with van der Waals surface area (Å²) in [5.41, 5.74) is 1.02. The third-order valence-electron chi connectivity index (χ3n) is 5.34. The summed E-state index contributed by atoms with van der Waals surface area (Å²) in [5.74, 6) is 2.29. The van der Waals surface area contributed by atoms with Crippen LogP contribution >= 0.6 is 24.4 Å². The minimum atomic E-state index is 0.114. The van der Waals surface area contributed by atoms with Gasteiger partial charge in [0.25, 0.3) is 0 Å². The van der Waals surface area contributed by atoms with Crippen molar-refractivity contribution in [3.8, 4) is 0 Å². The van der Waals surface area contributed by atoms with Gasteiger partial charge in [0, 0.05) is 23.3 Å². The Morgan fingerprint density at radius 3 is 2.64 bits per heavy atom. The number of nitrogens with zero attached hydrogens (tertiary/aromatic N) is 1. The molecule has 1 aliphatic rings. The Hall–Kier alpha value is -0.910. The van der Waals surface area contributed by atoms with Crippen molar-refractivity contribution in [2.24, 2.45) is 17.8 Å². The molecule has 0 heterocycles. The summed E-state index contributed by atoms with van der Waals surface area (Å²) in [6, 6.07) is 7.96. The molecule has 0 aliphatic heterocycles. The Balaban J connectivity index is 1.61. The molecule has 0 spiro atoms. The zero-order chi connectivity index (χ0) is 20.5. The Kier molecular flexibility index (Phi) is 9.96.